The van der Waals surface area contributed by atoms with Crippen LogP contribution in [0.5, 0.6) is 5.75 Å². The summed E-state index contributed by atoms with van der Waals surface area (Å²) in [4.78, 5) is 2.14. The van der Waals surface area contributed by atoms with Crippen LogP contribution in [0.4, 0.5) is 0 Å². The first kappa shape index (κ1) is 14.3. The molecule has 4 nitrogen and oxygen atoms in total. The summed E-state index contributed by atoms with van der Waals surface area (Å²) in [7, 11) is 0. The summed E-state index contributed by atoms with van der Waals surface area (Å²) in [5.74, 6) is 0.821. The predicted molar refractivity (Wildman–Crippen MR) is 74.4 cm³/mol. The van der Waals surface area contributed by atoms with Crippen LogP contribution < -0.4 is 4.74 Å². The van der Waals surface area contributed by atoms with Gasteiger partial charge in [0.25, 0.3) is 0 Å². The number of β-amino-alcohol motifs (C(OH)–C–C–N with tert-alkyl or cyclic N) is 1. The maximum Gasteiger partial charge on any atom is 0.122 e. The van der Waals surface area contributed by atoms with Gasteiger partial charge in [0, 0.05) is 12.6 Å². The number of hydrogen-bond acceptors (Lipinski definition) is 4. The van der Waals surface area contributed by atoms with E-state index >= 15 is 0 Å². The molecule has 1 aliphatic rings. The third-order valence-electron chi connectivity index (χ3n) is 3.68. The molecule has 0 aromatic heterocycles. The fourth-order valence-corrected chi connectivity index (χ4v) is 2.57. The number of aliphatic hydroxyl groups is 2. The van der Waals surface area contributed by atoms with Crippen molar-refractivity contribution in [3.8, 4) is 5.75 Å². The van der Waals surface area contributed by atoms with Crippen LogP contribution in [0.15, 0.2) is 24.3 Å². The highest BCUT2D eigenvalue weighted by Crippen LogP contribution is 2.18. The number of benzene rings is 1. The van der Waals surface area contributed by atoms with E-state index in [1.807, 2.05) is 31.2 Å². The number of nitrogens with zero attached hydrogens (tertiary/aromatic N) is 1. The van der Waals surface area contributed by atoms with Crippen LogP contribution in [0.3, 0.4) is 0 Å². The highest BCUT2D eigenvalue weighted by atomic mass is 16.5. The normalized spacial score (nSPS) is 21.5. The average Bonchev–Trinajstić information content (AvgIpc) is 2.85. The third kappa shape index (κ3) is 3.93. The fraction of sp³-hybridized carbons (Fsp3) is 0.600. The van der Waals surface area contributed by atoms with Crippen LogP contribution in [0.2, 0.25) is 0 Å². The van der Waals surface area contributed by atoms with E-state index in [2.05, 4.69) is 4.90 Å². The number of para-hydroxylation sites is 1. The van der Waals surface area contributed by atoms with E-state index in [9.17, 15) is 10.2 Å². The molecule has 0 spiro atoms. The summed E-state index contributed by atoms with van der Waals surface area (Å²) >= 11 is 0. The van der Waals surface area contributed by atoms with Gasteiger partial charge in [0.2, 0.25) is 0 Å². The Morgan fingerprint density at radius 1 is 1.42 bits per heavy atom. The standard InChI is InChI=1S/C15H23NO3/c1-12-5-2-3-7-15(12)19-11-14(18)9-16-8-4-6-13(16)10-17/h2-3,5,7,13-14,17-18H,4,6,8-11H2,1H3. The molecular weight excluding hydrogens is 242 g/mol. The quantitative estimate of drug-likeness (QED) is 0.811. The van der Waals surface area contributed by atoms with E-state index in [-0.39, 0.29) is 12.6 Å². The Balaban J connectivity index is 1.78. The second-order valence-corrected chi connectivity index (χ2v) is 5.20. The van der Waals surface area contributed by atoms with Gasteiger partial charge in [-0.15, -0.1) is 0 Å². The molecule has 106 valence electrons. The number of likely N-dealkylation sites (tertiary alicyclic amines) is 1. The van der Waals surface area contributed by atoms with Crippen LogP contribution >= 0.6 is 0 Å². The molecule has 1 heterocycles. The molecule has 0 aliphatic carbocycles. The first-order chi connectivity index (χ1) is 9.20. The monoisotopic (exact) mass is 265 g/mol. The van der Waals surface area contributed by atoms with E-state index in [1.165, 1.54) is 0 Å². The van der Waals surface area contributed by atoms with Gasteiger partial charge >= 0.3 is 0 Å². The Kier molecular flexibility index (Phi) is 5.19. The van der Waals surface area contributed by atoms with Crippen LogP contribution in [0, 0.1) is 6.92 Å². The molecule has 0 amide bonds. The average molecular weight is 265 g/mol. The minimum Gasteiger partial charge on any atom is -0.491 e. The Morgan fingerprint density at radius 2 is 2.21 bits per heavy atom. The molecule has 1 saturated heterocycles. The molecule has 1 aromatic rings. The SMILES string of the molecule is Cc1ccccc1OCC(O)CN1CCCC1CO. The topological polar surface area (TPSA) is 52.9 Å². The molecular formula is C15H23NO3. The second kappa shape index (κ2) is 6.89. The lowest BCUT2D eigenvalue weighted by Crippen LogP contribution is -2.40. The summed E-state index contributed by atoms with van der Waals surface area (Å²) in [6.07, 6.45) is 1.59. The van der Waals surface area contributed by atoms with Gasteiger partial charge in [-0.2, -0.15) is 0 Å². The minimum atomic E-state index is -0.522. The Labute approximate surface area is 114 Å². The Bertz CT molecular complexity index is 397. The largest absolute Gasteiger partial charge is 0.491 e. The van der Waals surface area contributed by atoms with Gasteiger partial charge in [-0.1, -0.05) is 18.2 Å². The van der Waals surface area contributed by atoms with Gasteiger partial charge in [0.15, 0.2) is 0 Å². The first-order valence-corrected chi connectivity index (χ1v) is 6.92. The molecule has 1 aliphatic heterocycles. The van der Waals surface area contributed by atoms with Gasteiger partial charge in [0.1, 0.15) is 18.5 Å². The van der Waals surface area contributed by atoms with Crippen molar-refractivity contribution in [2.45, 2.75) is 31.9 Å². The number of aryl methyl sites for hydroxylation is 1. The van der Waals surface area contributed by atoms with Crippen LogP contribution in [0.1, 0.15) is 18.4 Å². The van der Waals surface area contributed by atoms with Gasteiger partial charge in [-0.25, -0.2) is 0 Å². The second-order valence-electron chi connectivity index (χ2n) is 5.20. The van der Waals surface area contributed by atoms with E-state index < -0.39 is 6.10 Å². The molecule has 2 atom stereocenters. The Morgan fingerprint density at radius 3 is 2.95 bits per heavy atom. The van der Waals surface area contributed by atoms with Gasteiger partial charge in [-0.05, 0) is 37.9 Å². The van der Waals surface area contributed by atoms with Gasteiger partial charge < -0.3 is 14.9 Å². The molecule has 2 unspecified atom stereocenters. The summed E-state index contributed by atoms with van der Waals surface area (Å²) in [6, 6.07) is 8.00. The zero-order valence-corrected chi connectivity index (χ0v) is 11.5. The van der Waals surface area contributed by atoms with Crippen LogP contribution in [-0.2, 0) is 0 Å². The summed E-state index contributed by atoms with van der Waals surface area (Å²) < 4.78 is 5.64. The lowest BCUT2D eigenvalue weighted by Gasteiger charge is -2.25. The van der Waals surface area contributed by atoms with Crippen molar-refractivity contribution in [3.63, 3.8) is 0 Å². The zero-order chi connectivity index (χ0) is 13.7. The lowest BCUT2D eigenvalue weighted by atomic mass is 10.2. The zero-order valence-electron chi connectivity index (χ0n) is 11.5. The maximum absolute atomic E-state index is 10.0. The smallest absolute Gasteiger partial charge is 0.122 e. The number of rotatable bonds is 6. The summed E-state index contributed by atoms with van der Waals surface area (Å²) in [5, 5.41) is 19.3. The van der Waals surface area contributed by atoms with Crippen molar-refractivity contribution in [1.29, 1.82) is 0 Å². The van der Waals surface area contributed by atoms with Crippen molar-refractivity contribution >= 4 is 0 Å². The van der Waals surface area contributed by atoms with Crippen molar-refractivity contribution in [1.82, 2.24) is 4.90 Å². The molecule has 2 N–H and O–H groups in total. The predicted octanol–water partition coefficient (Wildman–Crippen LogP) is 1.19. The maximum atomic E-state index is 10.0. The summed E-state index contributed by atoms with van der Waals surface area (Å²) in [6.45, 7) is 3.97. The fourth-order valence-electron chi connectivity index (χ4n) is 2.57. The van der Waals surface area contributed by atoms with Crippen molar-refractivity contribution < 1.29 is 14.9 Å². The number of ether oxygens (including phenoxy) is 1. The van der Waals surface area contributed by atoms with Crippen LogP contribution in [-0.4, -0.2) is 53.6 Å². The van der Waals surface area contributed by atoms with Crippen molar-refractivity contribution in [3.05, 3.63) is 29.8 Å². The number of hydrogen-bond donors (Lipinski definition) is 2. The van der Waals surface area contributed by atoms with E-state index in [0.29, 0.717) is 13.2 Å². The van der Waals surface area contributed by atoms with Crippen LogP contribution in [0.25, 0.3) is 0 Å². The van der Waals surface area contributed by atoms with Gasteiger partial charge in [0.05, 0.1) is 6.61 Å². The highest BCUT2D eigenvalue weighted by Gasteiger charge is 2.25. The molecule has 1 aromatic carbocycles. The summed E-state index contributed by atoms with van der Waals surface area (Å²) in [5.41, 5.74) is 1.07. The molecule has 1 fully saturated rings. The molecule has 4 heteroatoms. The number of aliphatic hydroxyl groups excluding tert-OH is 2. The van der Waals surface area contributed by atoms with Crippen molar-refractivity contribution in [2.75, 3.05) is 26.3 Å². The first-order valence-electron chi connectivity index (χ1n) is 6.92. The van der Waals surface area contributed by atoms with Gasteiger partial charge in [-0.3, -0.25) is 4.90 Å². The van der Waals surface area contributed by atoms with Crippen molar-refractivity contribution in [2.24, 2.45) is 0 Å². The minimum absolute atomic E-state index is 0.172. The Hall–Kier alpha value is -1.10. The molecule has 2 rings (SSSR count). The van der Waals surface area contributed by atoms with E-state index in [0.717, 1.165) is 30.7 Å². The molecule has 0 saturated carbocycles. The molecule has 0 bridgehead atoms. The highest BCUT2D eigenvalue weighted by molar-refractivity contribution is 5.31. The van der Waals surface area contributed by atoms with E-state index in [1.54, 1.807) is 0 Å². The third-order valence-corrected chi connectivity index (χ3v) is 3.68. The molecule has 19 heavy (non-hydrogen) atoms. The lowest BCUT2D eigenvalue weighted by molar-refractivity contribution is 0.0531. The molecule has 0 radical (unpaired) electrons. The van der Waals surface area contributed by atoms with E-state index in [4.69, 9.17) is 4.74 Å².